The van der Waals surface area contributed by atoms with E-state index >= 15 is 0 Å². The van der Waals surface area contributed by atoms with E-state index in [1.165, 1.54) is 6.33 Å². The van der Waals surface area contributed by atoms with Gasteiger partial charge in [-0.05, 0) is 26.2 Å². The van der Waals surface area contributed by atoms with E-state index in [-0.39, 0.29) is 19.0 Å². The lowest BCUT2D eigenvalue weighted by molar-refractivity contribution is -0.134. The first kappa shape index (κ1) is 21.1. The maximum Gasteiger partial charge on any atom is 0.343 e. The Kier molecular flexibility index (Phi) is 6.90. The summed E-state index contributed by atoms with van der Waals surface area (Å²) in [7, 11) is 0. The third kappa shape index (κ3) is 5.18. The molecule has 154 valence electrons. The molecule has 1 unspecified atom stereocenters. The van der Waals surface area contributed by atoms with Crippen molar-refractivity contribution in [1.82, 2.24) is 35.6 Å². The van der Waals surface area contributed by atoms with E-state index < -0.39 is 29.1 Å². The van der Waals surface area contributed by atoms with Gasteiger partial charge in [-0.25, -0.2) is 14.7 Å². The lowest BCUT2D eigenvalue weighted by Gasteiger charge is -2.19. The molecule has 4 N–H and O–H groups in total. The highest BCUT2D eigenvalue weighted by Gasteiger charge is 2.46. The third-order valence-corrected chi connectivity index (χ3v) is 4.53. The number of unbranched alkanes of at least 4 members (excludes halogenated alkanes) is 1. The van der Waals surface area contributed by atoms with Crippen LogP contribution in [0.3, 0.4) is 0 Å². The highest BCUT2D eigenvalue weighted by molar-refractivity contribution is 6.08. The first-order chi connectivity index (χ1) is 13.3. The maximum atomic E-state index is 12.2. The Labute approximate surface area is 161 Å². The van der Waals surface area contributed by atoms with Gasteiger partial charge in [-0.1, -0.05) is 6.92 Å². The predicted octanol–water partition coefficient (Wildman–Crippen LogP) is -1.70. The van der Waals surface area contributed by atoms with Crippen molar-refractivity contribution in [1.29, 1.82) is 0 Å². The summed E-state index contributed by atoms with van der Waals surface area (Å²) >= 11 is 0. The number of H-pyrrole nitrogens is 1. The van der Waals surface area contributed by atoms with Crippen molar-refractivity contribution >= 4 is 23.8 Å². The van der Waals surface area contributed by atoms with Crippen LogP contribution in [0.4, 0.5) is 4.79 Å². The second kappa shape index (κ2) is 9.15. The fourth-order valence-electron chi connectivity index (χ4n) is 2.63. The van der Waals surface area contributed by atoms with Gasteiger partial charge in [0.1, 0.15) is 25.0 Å². The fraction of sp³-hybridized carbons (Fsp3) is 0.625. The predicted molar refractivity (Wildman–Crippen MR) is 97.0 cm³/mol. The lowest BCUT2D eigenvalue weighted by atomic mass is 9.99. The highest BCUT2D eigenvalue weighted by Crippen LogP contribution is 2.20. The topological polar surface area (TPSA) is 158 Å². The summed E-state index contributed by atoms with van der Waals surface area (Å²) in [4.78, 5) is 59.8. The van der Waals surface area contributed by atoms with Crippen LogP contribution in [0, 0.1) is 0 Å². The molecule has 1 aliphatic rings. The molecule has 2 heterocycles. The van der Waals surface area contributed by atoms with Crippen molar-refractivity contribution in [3.63, 3.8) is 0 Å². The number of hydrogen-bond acceptors (Lipinski definition) is 6. The number of nitrogens with one attached hydrogen (secondary N) is 4. The first-order valence-electron chi connectivity index (χ1n) is 9.04. The summed E-state index contributed by atoms with van der Waals surface area (Å²) in [6, 6.07) is -0.566. The molecule has 1 atom stereocenters. The minimum absolute atomic E-state index is 0.116. The van der Waals surface area contributed by atoms with Gasteiger partial charge in [0.25, 0.3) is 5.91 Å². The number of rotatable bonds is 10. The van der Waals surface area contributed by atoms with Gasteiger partial charge < -0.3 is 16.0 Å². The Bertz CT molecular complexity index is 801. The van der Waals surface area contributed by atoms with Crippen LogP contribution in [0.2, 0.25) is 0 Å². The SMILES string of the molecule is CCC1(C)NC(=O)N(CC(=O)NCCCCNC(=O)Cn2cn[nH]c2=O)C1=O. The smallest absolute Gasteiger partial charge is 0.343 e. The third-order valence-electron chi connectivity index (χ3n) is 4.53. The average Bonchev–Trinajstić information content (AvgIpc) is 3.14. The van der Waals surface area contributed by atoms with E-state index in [2.05, 4.69) is 26.1 Å². The molecule has 12 heteroatoms. The van der Waals surface area contributed by atoms with Crippen LogP contribution in [0.25, 0.3) is 0 Å². The number of imide groups is 1. The van der Waals surface area contributed by atoms with E-state index in [0.29, 0.717) is 32.4 Å². The molecule has 5 amide bonds. The van der Waals surface area contributed by atoms with Crippen LogP contribution in [0.5, 0.6) is 0 Å². The van der Waals surface area contributed by atoms with Crippen LogP contribution in [-0.4, -0.2) is 68.6 Å². The lowest BCUT2D eigenvalue weighted by Crippen LogP contribution is -2.44. The van der Waals surface area contributed by atoms with Crippen LogP contribution in [-0.2, 0) is 20.9 Å². The summed E-state index contributed by atoms with van der Waals surface area (Å²) in [6.45, 7) is 3.72. The van der Waals surface area contributed by atoms with Gasteiger partial charge in [-0.2, -0.15) is 5.10 Å². The average molecular weight is 395 g/mol. The van der Waals surface area contributed by atoms with Gasteiger partial charge >= 0.3 is 11.7 Å². The summed E-state index contributed by atoms with van der Waals surface area (Å²) in [6.07, 6.45) is 2.90. The summed E-state index contributed by atoms with van der Waals surface area (Å²) in [5, 5.41) is 13.6. The van der Waals surface area contributed by atoms with E-state index in [9.17, 15) is 24.0 Å². The summed E-state index contributed by atoms with van der Waals surface area (Å²) in [5.41, 5.74) is -1.42. The Balaban J connectivity index is 1.59. The van der Waals surface area contributed by atoms with Gasteiger partial charge in [0.05, 0.1) is 0 Å². The first-order valence-corrected chi connectivity index (χ1v) is 9.04. The molecule has 1 aromatic rings. The highest BCUT2D eigenvalue weighted by atomic mass is 16.2. The zero-order valence-electron chi connectivity index (χ0n) is 15.9. The van der Waals surface area contributed by atoms with E-state index in [0.717, 1.165) is 9.47 Å². The van der Waals surface area contributed by atoms with Crippen molar-refractivity contribution in [2.45, 2.75) is 45.2 Å². The quantitative estimate of drug-likeness (QED) is 0.273. The number of aromatic nitrogens is 3. The molecule has 0 radical (unpaired) electrons. The van der Waals surface area contributed by atoms with Gasteiger partial charge in [0, 0.05) is 13.1 Å². The van der Waals surface area contributed by atoms with Crippen LogP contribution in [0.15, 0.2) is 11.1 Å². The van der Waals surface area contributed by atoms with Gasteiger partial charge in [0.15, 0.2) is 0 Å². The second-order valence-electron chi connectivity index (χ2n) is 6.70. The Morgan fingerprint density at radius 1 is 1.11 bits per heavy atom. The molecule has 0 aromatic carbocycles. The van der Waals surface area contributed by atoms with Gasteiger partial charge in [-0.3, -0.25) is 23.9 Å². The molecule has 1 fully saturated rings. The molecule has 12 nitrogen and oxygen atoms in total. The maximum absolute atomic E-state index is 12.2. The molecular weight excluding hydrogens is 370 g/mol. The normalized spacial score (nSPS) is 18.9. The number of carbonyl (C=O) groups is 4. The minimum Gasteiger partial charge on any atom is -0.355 e. The largest absolute Gasteiger partial charge is 0.355 e. The number of amides is 5. The number of nitrogens with zero attached hydrogens (tertiary/aromatic N) is 3. The molecule has 0 bridgehead atoms. The zero-order valence-corrected chi connectivity index (χ0v) is 15.9. The van der Waals surface area contributed by atoms with Crippen LogP contribution < -0.4 is 21.6 Å². The van der Waals surface area contributed by atoms with Gasteiger partial charge in [-0.15, -0.1) is 0 Å². The minimum atomic E-state index is -0.961. The van der Waals surface area contributed by atoms with E-state index in [1.807, 2.05) is 0 Å². The standard InChI is InChI=1S/C16H25N7O5/c1-3-16(2)13(26)23(14(27)20-16)9-12(25)18-7-5-4-6-17-11(24)8-22-10-19-21-15(22)28/h10H,3-9H2,1-2H3,(H,17,24)(H,18,25)(H,20,27)(H,21,28). The van der Waals surface area contributed by atoms with E-state index in [4.69, 9.17) is 0 Å². The molecule has 1 aromatic heterocycles. The molecule has 1 aliphatic heterocycles. The van der Waals surface area contributed by atoms with Crippen LogP contribution in [0.1, 0.15) is 33.1 Å². The molecule has 28 heavy (non-hydrogen) atoms. The summed E-state index contributed by atoms with van der Waals surface area (Å²) < 4.78 is 1.15. The fourth-order valence-corrected chi connectivity index (χ4v) is 2.63. The number of hydrogen-bond donors (Lipinski definition) is 4. The van der Waals surface area contributed by atoms with Crippen molar-refractivity contribution in [2.24, 2.45) is 0 Å². The summed E-state index contributed by atoms with van der Waals surface area (Å²) in [5.74, 6) is -1.15. The Morgan fingerprint density at radius 3 is 2.21 bits per heavy atom. The number of aromatic amines is 1. The monoisotopic (exact) mass is 395 g/mol. The molecular formula is C16H25N7O5. The Hall–Kier alpha value is -3.18. The molecule has 2 rings (SSSR count). The van der Waals surface area contributed by atoms with Crippen molar-refractivity contribution < 1.29 is 19.2 Å². The van der Waals surface area contributed by atoms with E-state index in [1.54, 1.807) is 13.8 Å². The molecule has 1 saturated heterocycles. The van der Waals surface area contributed by atoms with Gasteiger partial charge in [0.2, 0.25) is 11.8 Å². The second-order valence-corrected chi connectivity index (χ2v) is 6.70. The Morgan fingerprint density at radius 2 is 1.71 bits per heavy atom. The van der Waals surface area contributed by atoms with Crippen molar-refractivity contribution in [2.75, 3.05) is 19.6 Å². The molecule has 0 aliphatic carbocycles. The number of urea groups is 1. The molecule has 0 spiro atoms. The molecule has 0 saturated carbocycles. The van der Waals surface area contributed by atoms with Crippen molar-refractivity contribution in [3.05, 3.63) is 16.8 Å². The number of carbonyl (C=O) groups excluding carboxylic acids is 4. The van der Waals surface area contributed by atoms with Crippen LogP contribution >= 0.6 is 0 Å². The zero-order chi connectivity index (χ0) is 20.7. The van der Waals surface area contributed by atoms with Crippen molar-refractivity contribution in [3.8, 4) is 0 Å².